The fraction of sp³-hybridized carbons (Fsp3) is 0.242. The van der Waals surface area contributed by atoms with Crippen LogP contribution < -0.4 is 15.5 Å². The average molecular weight is 601 g/mol. The van der Waals surface area contributed by atoms with Crippen molar-refractivity contribution in [1.82, 2.24) is 35.0 Å². The molecule has 2 amide bonds. The number of nitriles is 1. The molecule has 0 radical (unpaired) electrons. The Morgan fingerprint density at radius 1 is 0.956 bits per heavy atom. The van der Waals surface area contributed by atoms with E-state index in [4.69, 9.17) is 4.98 Å². The molecule has 0 unspecified atom stereocenters. The molecule has 12 nitrogen and oxygen atoms in total. The molecule has 1 fully saturated rings. The lowest BCUT2D eigenvalue weighted by atomic mass is 9.90. The minimum absolute atomic E-state index is 0.0592. The molecular formula is C33H32N10O2. The molecule has 45 heavy (non-hydrogen) atoms. The van der Waals surface area contributed by atoms with Crippen molar-refractivity contribution in [2.24, 2.45) is 7.05 Å². The Bertz CT molecular complexity index is 1790. The maximum Gasteiger partial charge on any atom is 0.323 e. The Morgan fingerprint density at radius 3 is 2.40 bits per heavy atom. The molecule has 0 saturated heterocycles. The minimum Gasteiger partial charge on any atom is -0.493 e. The first-order chi connectivity index (χ1) is 22.0. The number of aromatic hydroxyl groups is 1. The second-order valence-corrected chi connectivity index (χ2v) is 10.9. The van der Waals surface area contributed by atoms with Gasteiger partial charge in [0.2, 0.25) is 11.8 Å². The first-order valence-electron chi connectivity index (χ1n) is 14.7. The van der Waals surface area contributed by atoms with Crippen LogP contribution in [0.15, 0.2) is 85.6 Å². The third kappa shape index (κ3) is 6.88. The predicted octanol–water partition coefficient (Wildman–Crippen LogP) is 5.05. The Kier molecular flexibility index (Phi) is 8.59. The van der Waals surface area contributed by atoms with Crippen molar-refractivity contribution in [2.75, 3.05) is 10.2 Å². The lowest BCUT2D eigenvalue weighted by Crippen LogP contribution is -2.49. The van der Waals surface area contributed by atoms with Gasteiger partial charge in [0.25, 0.3) is 0 Å². The van der Waals surface area contributed by atoms with Crippen molar-refractivity contribution in [3.05, 3.63) is 96.7 Å². The maximum atomic E-state index is 13.7. The molecule has 6 rings (SSSR count). The smallest absolute Gasteiger partial charge is 0.323 e. The number of nitrogens with one attached hydrogen (secondary N) is 2. The summed E-state index contributed by atoms with van der Waals surface area (Å²) in [6.07, 6.45) is 11.5. The van der Waals surface area contributed by atoms with Gasteiger partial charge in [-0.25, -0.2) is 24.7 Å². The summed E-state index contributed by atoms with van der Waals surface area (Å²) < 4.78 is 1.74. The summed E-state index contributed by atoms with van der Waals surface area (Å²) >= 11 is 0. The second kappa shape index (κ2) is 13.2. The van der Waals surface area contributed by atoms with Gasteiger partial charge < -0.3 is 15.7 Å². The summed E-state index contributed by atoms with van der Waals surface area (Å²) in [5.74, 6) is 0.890. The van der Waals surface area contributed by atoms with Gasteiger partial charge in [0, 0.05) is 67.0 Å². The van der Waals surface area contributed by atoms with Gasteiger partial charge in [0.15, 0.2) is 0 Å². The lowest BCUT2D eigenvalue weighted by Gasteiger charge is -2.36. The Labute approximate surface area is 260 Å². The SMILES string of the molecule is Cn1cc(-c2ccc(N(C(=O)NCc3ccccc3)C3CCC(Nc4ncc(C#N)c(-c5ccc(O)nc5)n4)CC3)nc2)cn1. The van der Waals surface area contributed by atoms with E-state index in [9.17, 15) is 15.2 Å². The molecule has 226 valence electrons. The van der Waals surface area contributed by atoms with E-state index >= 15 is 0 Å². The van der Waals surface area contributed by atoms with Crippen molar-refractivity contribution >= 4 is 17.8 Å². The van der Waals surface area contributed by atoms with Crippen molar-refractivity contribution in [1.29, 1.82) is 5.26 Å². The number of anilines is 2. The number of hydrogen-bond acceptors (Lipinski definition) is 9. The summed E-state index contributed by atoms with van der Waals surface area (Å²) in [5, 5.41) is 29.9. The van der Waals surface area contributed by atoms with E-state index in [0.29, 0.717) is 35.1 Å². The number of amides is 2. The Hall–Kier alpha value is -5.83. The summed E-state index contributed by atoms with van der Waals surface area (Å²) in [6.45, 7) is 0.412. The van der Waals surface area contributed by atoms with Crippen LogP contribution in [0.2, 0.25) is 0 Å². The van der Waals surface area contributed by atoms with E-state index in [2.05, 4.69) is 36.8 Å². The molecule has 3 N–H and O–H groups in total. The molecule has 1 saturated carbocycles. The molecular weight excluding hydrogens is 568 g/mol. The molecule has 1 aliphatic rings. The fourth-order valence-electron chi connectivity index (χ4n) is 5.53. The fourth-order valence-corrected chi connectivity index (χ4v) is 5.53. The molecule has 0 atom stereocenters. The zero-order valence-electron chi connectivity index (χ0n) is 24.7. The summed E-state index contributed by atoms with van der Waals surface area (Å²) in [4.78, 5) is 33.0. The molecule has 4 heterocycles. The van der Waals surface area contributed by atoms with Gasteiger partial charge in [-0.2, -0.15) is 10.4 Å². The van der Waals surface area contributed by atoms with Gasteiger partial charge in [-0.05, 0) is 49.4 Å². The van der Waals surface area contributed by atoms with Crippen LogP contribution in [-0.2, 0) is 13.6 Å². The lowest BCUT2D eigenvalue weighted by molar-refractivity contribution is 0.240. The number of aryl methyl sites for hydroxylation is 1. The van der Waals surface area contributed by atoms with Crippen LogP contribution in [0.3, 0.4) is 0 Å². The second-order valence-electron chi connectivity index (χ2n) is 10.9. The monoisotopic (exact) mass is 600 g/mol. The number of pyridine rings is 2. The van der Waals surface area contributed by atoms with Gasteiger partial charge >= 0.3 is 6.03 Å². The maximum absolute atomic E-state index is 13.7. The highest BCUT2D eigenvalue weighted by molar-refractivity contribution is 5.91. The number of benzene rings is 1. The van der Waals surface area contributed by atoms with E-state index in [1.807, 2.05) is 55.7 Å². The Morgan fingerprint density at radius 2 is 1.73 bits per heavy atom. The van der Waals surface area contributed by atoms with E-state index < -0.39 is 0 Å². The van der Waals surface area contributed by atoms with E-state index in [-0.39, 0.29) is 24.0 Å². The van der Waals surface area contributed by atoms with Gasteiger partial charge in [0.1, 0.15) is 11.9 Å². The van der Waals surface area contributed by atoms with Crippen LogP contribution in [0.25, 0.3) is 22.4 Å². The standard InChI is InChI=1S/C33H32N10O2/c1-42-21-26(20-39-42)23-7-13-29(35-17-23)43(33(45)38-16-22-5-3-2-4-6-22)28-11-9-27(10-12-28)40-32-37-19-25(15-34)31(41-32)24-8-14-30(44)36-18-24/h2-8,13-14,17-21,27-28H,9-12,16H2,1H3,(H,36,44)(H,38,45)(H,37,40,41). The third-order valence-corrected chi connectivity index (χ3v) is 7.86. The molecule has 1 aliphatic carbocycles. The van der Waals surface area contributed by atoms with E-state index in [0.717, 1.165) is 42.4 Å². The van der Waals surface area contributed by atoms with Crippen molar-refractivity contribution in [3.63, 3.8) is 0 Å². The number of carbonyl (C=O) groups is 1. The number of urea groups is 1. The average Bonchev–Trinajstić information content (AvgIpc) is 3.52. The molecule has 0 spiro atoms. The Balaban J connectivity index is 1.17. The van der Waals surface area contributed by atoms with Gasteiger partial charge in [-0.3, -0.25) is 9.58 Å². The number of hydrogen-bond donors (Lipinski definition) is 3. The van der Waals surface area contributed by atoms with Crippen LogP contribution in [0.4, 0.5) is 16.6 Å². The van der Waals surface area contributed by atoms with Crippen LogP contribution in [0, 0.1) is 11.3 Å². The zero-order valence-corrected chi connectivity index (χ0v) is 24.7. The first-order valence-corrected chi connectivity index (χ1v) is 14.7. The summed E-state index contributed by atoms with van der Waals surface area (Å²) in [7, 11) is 1.87. The number of nitrogens with zero attached hydrogens (tertiary/aromatic N) is 8. The summed E-state index contributed by atoms with van der Waals surface area (Å²) in [5.41, 5.74) is 4.27. The van der Waals surface area contributed by atoms with Crippen LogP contribution in [-0.4, -0.2) is 52.9 Å². The first kappa shape index (κ1) is 29.3. The molecule has 12 heteroatoms. The van der Waals surface area contributed by atoms with Crippen molar-refractivity contribution in [3.8, 4) is 34.3 Å². The third-order valence-electron chi connectivity index (χ3n) is 7.86. The molecule has 0 bridgehead atoms. The van der Waals surface area contributed by atoms with Crippen molar-refractivity contribution < 1.29 is 9.90 Å². The minimum atomic E-state index is -0.195. The molecule has 4 aromatic heterocycles. The molecule has 1 aromatic carbocycles. The highest BCUT2D eigenvalue weighted by Crippen LogP contribution is 2.30. The van der Waals surface area contributed by atoms with Gasteiger partial charge in [-0.15, -0.1) is 0 Å². The molecule has 0 aliphatic heterocycles. The number of carbonyl (C=O) groups excluding carboxylic acids is 1. The largest absolute Gasteiger partial charge is 0.493 e. The van der Waals surface area contributed by atoms with E-state index in [1.54, 1.807) is 28.0 Å². The number of rotatable bonds is 8. The molecule has 5 aromatic rings. The highest BCUT2D eigenvalue weighted by Gasteiger charge is 2.31. The topological polar surface area (TPSA) is 158 Å². The summed E-state index contributed by atoms with van der Waals surface area (Å²) in [6, 6.07) is 18.7. The predicted molar refractivity (Wildman–Crippen MR) is 169 cm³/mol. The number of aromatic nitrogens is 6. The zero-order chi connectivity index (χ0) is 31.2. The van der Waals surface area contributed by atoms with Crippen LogP contribution in [0.5, 0.6) is 5.88 Å². The van der Waals surface area contributed by atoms with Gasteiger partial charge in [0.05, 0.1) is 23.7 Å². The van der Waals surface area contributed by atoms with Gasteiger partial charge in [-0.1, -0.05) is 30.3 Å². The van der Waals surface area contributed by atoms with Crippen molar-refractivity contribution in [2.45, 2.75) is 44.3 Å². The normalized spacial score (nSPS) is 16.0. The highest BCUT2D eigenvalue weighted by atomic mass is 16.3. The van der Waals surface area contributed by atoms with Crippen LogP contribution in [0.1, 0.15) is 36.8 Å². The van der Waals surface area contributed by atoms with E-state index in [1.165, 1.54) is 18.5 Å². The van der Waals surface area contributed by atoms with Crippen LogP contribution >= 0.6 is 0 Å². The quantitative estimate of drug-likeness (QED) is 0.222.